The van der Waals surface area contributed by atoms with Crippen LogP contribution in [0.15, 0.2) is 42.9 Å². The van der Waals surface area contributed by atoms with Crippen LogP contribution in [0, 0.1) is 6.92 Å². The van der Waals surface area contributed by atoms with Crippen LogP contribution in [0.4, 0.5) is 19.1 Å². The molecular weight excluding hydrogens is 349 g/mol. The second kappa shape index (κ2) is 6.98. The second-order valence-electron chi connectivity index (χ2n) is 5.70. The van der Waals surface area contributed by atoms with E-state index in [0.29, 0.717) is 6.54 Å². The minimum absolute atomic E-state index is 0.0749. The summed E-state index contributed by atoms with van der Waals surface area (Å²) in [7, 11) is 0. The molecule has 1 N–H and O–H groups in total. The van der Waals surface area contributed by atoms with Crippen LogP contribution in [0.5, 0.6) is 0 Å². The molecule has 1 amide bonds. The number of nitrogens with one attached hydrogen (secondary N) is 1. The predicted molar refractivity (Wildman–Crippen MR) is 86.2 cm³/mol. The van der Waals surface area contributed by atoms with Crippen molar-refractivity contribution in [2.45, 2.75) is 26.2 Å². The first kappa shape index (κ1) is 17.6. The van der Waals surface area contributed by atoms with Crippen molar-refractivity contribution in [2.75, 3.05) is 5.32 Å². The Labute approximate surface area is 146 Å². The van der Waals surface area contributed by atoms with Gasteiger partial charge in [0.1, 0.15) is 12.9 Å². The highest BCUT2D eigenvalue weighted by Crippen LogP contribution is 2.27. The molecule has 0 atom stereocenters. The van der Waals surface area contributed by atoms with Crippen LogP contribution in [0.2, 0.25) is 0 Å². The minimum atomic E-state index is -4.54. The van der Waals surface area contributed by atoms with Gasteiger partial charge >= 0.3 is 6.18 Å². The average molecular weight is 364 g/mol. The molecule has 0 unspecified atom stereocenters. The summed E-state index contributed by atoms with van der Waals surface area (Å²) < 4.78 is 39.9. The van der Waals surface area contributed by atoms with Crippen LogP contribution >= 0.6 is 0 Å². The van der Waals surface area contributed by atoms with Gasteiger partial charge in [0.05, 0.1) is 6.54 Å². The number of hydrogen-bond acceptors (Lipinski definition) is 4. The summed E-state index contributed by atoms with van der Waals surface area (Å²) in [5, 5.41) is 9.87. The SMILES string of the molecule is Cc1cccc(Cn2cnc(NC(=O)Cn3ccc(C(F)(F)F)n3)n2)c1. The third-order valence-corrected chi connectivity index (χ3v) is 3.45. The summed E-state index contributed by atoms with van der Waals surface area (Å²) in [6.45, 7) is 2.09. The molecule has 136 valence electrons. The van der Waals surface area contributed by atoms with Crippen LogP contribution in [0.3, 0.4) is 0 Å². The van der Waals surface area contributed by atoms with E-state index in [1.165, 1.54) is 6.33 Å². The Balaban J connectivity index is 1.58. The van der Waals surface area contributed by atoms with E-state index >= 15 is 0 Å². The maximum absolute atomic E-state index is 12.5. The molecule has 0 radical (unpaired) electrons. The zero-order valence-electron chi connectivity index (χ0n) is 13.7. The van der Waals surface area contributed by atoms with Crippen molar-refractivity contribution in [2.24, 2.45) is 0 Å². The fourth-order valence-corrected chi connectivity index (χ4v) is 2.34. The van der Waals surface area contributed by atoms with Crippen molar-refractivity contribution in [3.8, 4) is 0 Å². The van der Waals surface area contributed by atoms with Gasteiger partial charge in [0.2, 0.25) is 11.9 Å². The van der Waals surface area contributed by atoms with Crippen molar-refractivity contribution < 1.29 is 18.0 Å². The number of carbonyl (C=O) groups is 1. The van der Waals surface area contributed by atoms with Crippen molar-refractivity contribution in [3.63, 3.8) is 0 Å². The summed E-state index contributed by atoms with van der Waals surface area (Å²) in [5.41, 5.74) is 1.10. The lowest BCUT2D eigenvalue weighted by Crippen LogP contribution is -2.20. The quantitative estimate of drug-likeness (QED) is 0.755. The molecule has 0 aliphatic heterocycles. The van der Waals surface area contributed by atoms with Gasteiger partial charge in [-0.3, -0.25) is 14.8 Å². The number of carbonyl (C=O) groups excluding carboxylic acids is 1. The van der Waals surface area contributed by atoms with Crippen LogP contribution in [0.25, 0.3) is 0 Å². The summed E-state index contributed by atoms with van der Waals surface area (Å²) in [6.07, 6.45) is -1.99. The number of alkyl halides is 3. The van der Waals surface area contributed by atoms with Crippen molar-refractivity contribution >= 4 is 11.9 Å². The molecule has 0 aliphatic carbocycles. The molecule has 3 rings (SSSR count). The first-order valence-corrected chi connectivity index (χ1v) is 7.65. The first-order chi connectivity index (χ1) is 12.3. The number of rotatable bonds is 5. The predicted octanol–water partition coefficient (Wildman–Crippen LogP) is 2.49. The molecule has 26 heavy (non-hydrogen) atoms. The number of benzene rings is 1. The molecule has 0 aliphatic rings. The highest BCUT2D eigenvalue weighted by Gasteiger charge is 2.33. The molecule has 2 heterocycles. The number of halogens is 3. The van der Waals surface area contributed by atoms with Gasteiger partial charge in [0.15, 0.2) is 5.69 Å². The minimum Gasteiger partial charge on any atom is -0.292 e. The van der Waals surface area contributed by atoms with E-state index in [0.717, 1.165) is 28.1 Å². The normalized spacial score (nSPS) is 11.5. The molecule has 0 fully saturated rings. The van der Waals surface area contributed by atoms with E-state index in [1.54, 1.807) is 4.68 Å². The van der Waals surface area contributed by atoms with Gasteiger partial charge < -0.3 is 0 Å². The van der Waals surface area contributed by atoms with Crippen LogP contribution in [-0.4, -0.2) is 30.5 Å². The van der Waals surface area contributed by atoms with E-state index in [4.69, 9.17) is 0 Å². The van der Waals surface area contributed by atoms with Gasteiger partial charge in [0, 0.05) is 6.20 Å². The van der Waals surface area contributed by atoms with Crippen LogP contribution in [0.1, 0.15) is 16.8 Å². The van der Waals surface area contributed by atoms with Crippen molar-refractivity contribution in [1.82, 2.24) is 24.5 Å². The van der Waals surface area contributed by atoms with Gasteiger partial charge in [-0.2, -0.15) is 18.3 Å². The fourth-order valence-electron chi connectivity index (χ4n) is 2.34. The van der Waals surface area contributed by atoms with E-state index in [1.807, 2.05) is 31.2 Å². The Morgan fingerprint density at radius 3 is 2.69 bits per heavy atom. The summed E-state index contributed by atoms with van der Waals surface area (Å²) >= 11 is 0. The second-order valence-corrected chi connectivity index (χ2v) is 5.70. The number of aryl methyl sites for hydroxylation is 1. The lowest BCUT2D eigenvalue weighted by Gasteiger charge is -2.03. The number of amides is 1. The van der Waals surface area contributed by atoms with E-state index in [9.17, 15) is 18.0 Å². The summed E-state index contributed by atoms with van der Waals surface area (Å²) in [5.74, 6) is -0.499. The van der Waals surface area contributed by atoms with Crippen LogP contribution in [-0.2, 0) is 24.1 Å². The summed E-state index contributed by atoms with van der Waals surface area (Å²) in [4.78, 5) is 15.9. The zero-order chi connectivity index (χ0) is 18.7. The smallest absolute Gasteiger partial charge is 0.292 e. The lowest BCUT2D eigenvalue weighted by molar-refractivity contribution is -0.141. The van der Waals surface area contributed by atoms with Gasteiger partial charge in [0.25, 0.3) is 0 Å². The van der Waals surface area contributed by atoms with E-state index < -0.39 is 17.8 Å². The monoisotopic (exact) mass is 364 g/mol. The third kappa shape index (κ3) is 4.47. The molecule has 7 nitrogen and oxygen atoms in total. The van der Waals surface area contributed by atoms with Gasteiger partial charge in [-0.1, -0.05) is 29.8 Å². The molecule has 0 bridgehead atoms. The fraction of sp³-hybridized carbons (Fsp3) is 0.250. The number of nitrogens with zero attached hydrogens (tertiary/aromatic N) is 5. The Morgan fingerprint density at radius 2 is 2.00 bits per heavy atom. The number of anilines is 1. The topological polar surface area (TPSA) is 77.6 Å². The first-order valence-electron chi connectivity index (χ1n) is 7.65. The Kier molecular flexibility index (Phi) is 4.74. The third-order valence-electron chi connectivity index (χ3n) is 3.45. The molecule has 3 aromatic rings. The van der Waals surface area contributed by atoms with Crippen molar-refractivity contribution in [3.05, 3.63) is 59.7 Å². The zero-order valence-corrected chi connectivity index (χ0v) is 13.7. The molecule has 0 saturated carbocycles. The molecule has 0 spiro atoms. The van der Waals surface area contributed by atoms with E-state index in [-0.39, 0.29) is 12.5 Å². The molecule has 1 aromatic carbocycles. The van der Waals surface area contributed by atoms with Gasteiger partial charge in [-0.05, 0) is 18.6 Å². The molecule has 2 aromatic heterocycles. The highest BCUT2D eigenvalue weighted by atomic mass is 19.4. The Hall–Kier alpha value is -3.17. The van der Waals surface area contributed by atoms with Gasteiger partial charge in [-0.25, -0.2) is 9.67 Å². The standard InChI is InChI=1S/C16H15F3N6O/c1-11-3-2-4-12(7-11)8-25-10-20-15(23-25)21-14(26)9-24-6-5-13(22-24)16(17,18)19/h2-7,10H,8-9H2,1H3,(H,21,23,26). The maximum Gasteiger partial charge on any atom is 0.435 e. The highest BCUT2D eigenvalue weighted by molar-refractivity contribution is 5.88. The summed E-state index contributed by atoms with van der Waals surface area (Å²) in [6, 6.07) is 8.68. The Bertz CT molecular complexity index is 915. The number of aromatic nitrogens is 5. The van der Waals surface area contributed by atoms with E-state index in [2.05, 4.69) is 20.5 Å². The van der Waals surface area contributed by atoms with Gasteiger partial charge in [-0.15, -0.1) is 5.10 Å². The Morgan fingerprint density at radius 1 is 1.19 bits per heavy atom. The molecule has 10 heteroatoms. The average Bonchev–Trinajstić information content (AvgIpc) is 3.16. The molecule has 0 saturated heterocycles. The molecular formula is C16H15F3N6O. The largest absolute Gasteiger partial charge is 0.435 e. The van der Waals surface area contributed by atoms with Crippen molar-refractivity contribution in [1.29, 1.82) is 0 Å². The van der Waals surface area contributed by atoms with Crippen LogP contribution < -0.4 is 5.32 Å². The maximum atomic E-state index is 12.5. The lowest BCUT2D eigenvalue weighted by atomic mass is 10.1. The number of hydrogen-bond donors (Lipinski definition) is 1.